The maximum absolute atomic E-state index is 11.7. The van der Waals surface area contributed by atoms with E-state index in [9.17, 15) is 4.79 Å². The topological polar surface area (TPSA) is 97.9 Å². The van der Waals surface area contributed by atoms with Crippen molar-refractivity contribution in [1.29, 1.82) is 0 Å². The third-order valence-corrected chi connectivity index (χ3v) is 2.89. The number of nitrogens with one attached hydrogen (secondary N) is 2. The highest BCUT2D eigenvalue weighted by atomic mass is 16.3. The van der Waals surface area contributed by atoms with Gasteiger partial charge in [0.25, 0.3) is 5.91 Å². The molecule has 2 N–H and O–H groups in total. The van der Waals surface area contributed by atoms with Gasteiger partial charge in [0.15, 0.2) is 5.82 Å². The second kappa shape index (κ2) is 6.53. The first-order valence-corrected chi connectivity index (χ1v) is 6.71. The molecule has 3 heterocycles. The van der Waals surface area contributed by atoms with E-state index in [1.807, 2.05) is 18.2 Å². The van der Waals surface area contributed by atoms with Crippen molar-refractivity contribution in [3.05, 3.63) is 54.7 Å². The van der Waals surface area contributed by atoms with Gasteiger partial charge in [-0.2, -0.15) is 5.10 Å². The van der Waals surface area contributed by atoms with E-state index in [1.165, 1.54) is 12.5 Å². The van der Waals surface area contributed by atoms with Gasteiger partial charge in [-0.3, -0.25) is 4.79 Å². The average molecular weight is 298 g/mol. The quantitative estimate of drug-likeness (QED) is 0.661. The molecule has 8 nitrogen and oxygen atoms in total. The number of nitrogens with zero attached hydrogens (tertiary/aromatic N) is 4. The Morgan fingerprint density at radius 3 is 2.86 bits per heavy atom. The molecule has 0 fully saturated rings. The Kier molecular flexibility index (Phi) is 4.10. The number of anilines is 1. The van der Waals surface area contributed by atoms with Gasteiger partial charge in [0.1, 0.15) is 12.1 Å². The van der Waals surface area contributed by atoms with Crippen molar-refractivity contribution < 1.29 is 9.21 Å². The van der Waals surface area contributed by atoms with Crippen LogP contribution in [-0.4, -0.2) is 39.0 Å². The zero-order chi connectivity index (χ0) is 15.2. The molecule has 0 radical (unpaired) electrons. The van der Waals surface area contributed by atoms with Crippen LogP contribution in [0.15, 0.2) is 53.6 Å². The van der Waals surface area contributed by atoms with Crippen LogP contribution < -0.4 is 10.6 Å². The molecule has 3 rings (SSSR count). The molecule has 0 saturated heterocycles. The third-order valence-electron chi connectivity index (χ3n) is 2.89. The monoisotopic (exact) mass is 298 g/mol. The molecule has 0 bridgehead atoms. The highest BCUT2D eigenvalue weighted by Crippen LogP contribution is 2.05. The second-order valence-corrected chi connectivity index (χ2v) is 4.42. The molecule has 0 aromatic carbocycles. The number of rotatable bonds is 6. The molecular formula is C14H14N6O2. The van der Waals surface area contributed by atoms with Gasteiger partial charge < -0.3 is 15.1 Å². The zero-order valence-electron chi connectivity index (χ0n) is 11.6. The molecule has 22 heavy (non-hydrogen) atoms. The van der Waals surface area contributed by atoms with Gasteiger partial charge in [0.05, 0.1) is 11.8 Å². The van der Waals surface area contributed by atoms with Gasteiger partial charge in [0, 0.05) is 25.5 Å². The lowest BCUT2D eigenvalue weighted by molar-refractivity contribution is 0.0954. The van der Waals surface area contributed by atoms with Crippen LogP contribution in [0.25, 0.3) is 5.82 Å². The maximum Gasteiger partial charge on any atom is 0.254 e. The molecule has 3 aromatic rings. The van der Waals surface area contributed by atoms with E-state index < -0.39 is 0 Å². The van der Waals surface area contributed by atoms with Gasteiger partial charge in [-0.05, 0) is 24.3 Å². The van der Waals surface area contributed by atoms with Crippen molar-refractivity contribution in [2.75, 3.05) is 18.4 Å². The average Bonchev–Trinajstić information content (AvgIpc) is 3.25. The van der Waals surface area contributed by atoms with Crippen molar-refractivity contribution in [2.45, 2.75) is 0 Å². The summed E-state index contributed by atoms with van der Waals surface area (Å²) in [5.74, 6) is 1.10. The predicted octanol–water partition coefficient (Wildman–Crippen LogP) is 1.10. The molecule has 0 atom stereocenters. The van der Waals surface area contributed by atoms with E-state index in [2.05, 4.69) is 25.9 Å². The number of hydrogen-bond donors (Lipinski definition) is 2. The van der Waals surface area contributed by atoms with E-state index in [4.69, 9.17) is 4.42 Å². The predicted molar refractivity (Wildman–Crippen MR) is 78.7 cm³/mol. The Morgan fingerprint density at radius 2 is 2.18 bits per heavy atom. The molecule has 0 aliphatic heterocycles. The number of carbonyl (C=O) groups excluding carboxylic acids is 1. The lowest BCUT2D eigenvalue weighted by Gasteiger charge is -2.06. The van der Waals surface area contributed by atoms with Gasteiger partial charge in [-0.15, -0.1) is 10.2 Å². The fourth-order valence-electron chi connectivity index (χ4n) is 1.81. The van der Waals surface area contributed by atoms with Gasteiger partial charge in [-0.1, -0.05) is 0 Å². The van der Waals surface area contributed by atoms with E-state index in [0.717, 1.165) is 0 Å². The molecule has 0 saturated carbocycles. The number of hydrogen-bond acceptors (Lipinski definition) is 6. The highest BCUT2D eigenvalue weighted by Gasteiger charge is 2.05. The Labute approximate surface area is 126 Å². The summed E-state index contributed by atoms with van der Waals surface area (Å²) in [6.07, 6.45) is 6.34. The summed E-state index contributed by atoms with van der Waals surface area (Å²) < 4.78 is 6.48. The number of carbonyl (C=O) groups is 1. The lowest BCUT2D eigenvalue weighted by Crippen LogP contribution is -2.28. The molecule has 0 spiro atoms. The fraction of sp³-hybridized carbons (Fsp3) is 0.143. The first-order valence-electron chi connectivity index (χ1n) is 6.71. The minimum absolute atomic E-state index is 0.171. The van der Waals surface area contributed by atoms with Crippen LogP contribution in [0.1, 0.15) is 10.4 Å². The van der Waals surface area contributed by atoms with E-state index in [1.54, 1.807) is 23.1 Å². The highest BCUT2D eigenvalue weighted by molar-refractivity contribution is 5.93. The summed E-state index contributed by atoms with van der Waals surface area (Å²) in [7, 11) is 0. The van der Waals surface area contributed by atoms with E-state index >= 15 is 0 Å². The first-order chi connectivity index (χ1) is 10.8. The Hall–Kier alpha value is -3.16. The molecule has 0 aliphatic rings. The molecule has 0 unspecified atom stereocenters. The van der Waals surface area contributed by atoms with Crippen molar-refractivity contribution in [3.8, 4) is 5.82 Å². The van der Waals surface area contributed by atoms with Crippen LogP contribution in [0.2, 0.25) is 0 Å². The minimum Gasteiger partial charge on any atom is -0.472 e. The van der Waals surface area contributed by atoms with Crippen LogP contribution in [-0.2, 0) is 0 Å². The molecule has 8 heteroatoms. The van der Waals surface area contributed by atoms with Crippen LogP contribution in [0.5, 0.6) is 0 Å². The lowest BCUT2D eigenvalue weighted by atomic mass is 10.3. The van der Waals surface area contributed by atoms with Crippen molar-refractivity contribution >= 4 is 11.7 Å². The van der Waals surface area contributed by atoms with Crippen molar-refractivity contribution in [2.24, 2.45) is 0 Å². The summed E-state index contributed by atoms with van der Waals surface area (Å²) in [6, 6.07) is 7.05. The largest absolute Gasteiger partial charge is 0.472 e. The van der Waals surface area contributed by atoms with Crippen molar-refractivity contribution in [1.82, 2.24) is 25.3 Å². The third kappa shape index (κ3) is 3.29. The summed E-state index contributed by atoms with van der Waals surface area (Å²) in [6.45, 7) is 1.01. The Morgan fingerprint density at radius 1 is 1.23 bits per heavy atom. The van der Waals surface area contributed by atoms with Crippen molar-refractivity contribution in [3.63, 3.8) is 0 Å². The van der Waals surface area contributed by atoms with Crippen LogP contribution in [0, 0.1) is 0 Å². The van der Waals surface area contributed by atoms with Gasteiger partial charge in [0.2, 0.25) is 0 Å². The van der Waals surface area contributed by atoms with E-state index in [-0.39, 0.29) is 5.91 Å². The summed E-state index contributed by atoms with van der Waals surface area (Å²) in [5.41, 5.74) is 0.503. The number of amides is 1. The normalized spacial score (nSPS) is 10.4. The molecular weight excluding hydrogens is 284 g/mol. The molecule has 112 valence electrons. The fourth-order valence-corrected chi connectivity index (χ4v) is 1.81. The number of aromatic nitrogens is 4. The zero-order valence-corrected chi connectivity index (χ0v) is 11.6. The standard InChI is InChI=1S/C14H14N6O2/c21-14(11-4-9-22-10-11)16-7-6-15-12-2-3-13(19-18-12)20-8-1-5-17-20/h1-5,8-10H,6-7H2,(H,15,18)(H,16,21). The van der Waals surface area contributed by atoms with Crippen LogP contribution >= 0.6 is 0 Å². The van der Waals surface area contributed by atoms with Crippen LogP contribution in [0.3, 0.4) is 0 Å². The Bertz CT molecular complexity index is 706. The summed E-state index contributed by atoms with van der Waals surface area (Å²) >= 11 is 0. The van der Waals surface area contributed by atoms with Gasteiger partial charge >= 0.3 is 0 Å². The second-order valence-electron chi connectivity index (χ2n) is 4.42. The van der Waals surface area contributed by atoms with Gasteiger partial charge in [-0.25, -0.2) is 4.68 Å². The molecule has 3 aromatic heterocycles. The smallest absolute Gasteiger partial charge is 0.254 e. The Balaban J connectivity index is 1.45. The number of furan rings is 1. The molecule has 0 aliphatic carbocycles. The first kappa shape index (κ1) is 13.8. The van der Waals surface area contributed by atoms with Crippen LogP contribution in [0.4, 0.5) is 5.82 Å². The summed E-state index contributed by atoms with van der Waals surface area (Å²) in [5, 5.41) is 18.0. The molecule has 1 amide bonds. The minimum atomic E-state index is -0.171. The van der Waals surface area contributed by atoms with E-state index in [0.29, 0.717) is 30.3 Å². The summed E-state index contributed by atoms with van der Waals surface area (Å²) in [4.78, 5) is 11.7. The maximum atomic E-state index is 11.7. The SMILES string of the molecule is O=C(NCCNc1ccc(-n2cccn2)nn1)c1ccoc1.